The van der Waals surface area contributed by atoms with E-state index in [9.17, 15) is 9.59 Å². The molecule has 0 atom stereocenters. The maximum atomic E-state index is 12.4. The zero-order valence-corrected chi connectivity index (χ0v) is 14.5. The van der Waals surface area contributed by atoms with E-state index in [1.54, 1.807) is 17.3 Å². The molecule has 1 aliphatic rings. The molecule has 0 N–H and O–H groups in total. The van der Waals surface area contributed by atoms with Crippen LogP contribution in [0.4, 0.5) is 5.69 Å². The molecule has 0 bridgehead atoms. The van der Waals surface area contributed by atoms with Crippen molar-refractivity contribution in [2.24, 2.45) is 0 Å². The number of carbonyl (C=O) groups is 2. The summed E-state index contributed by atoms with van der Waals surface area (Å²) in [7, 11) is 2.53. The van der Waals surface area contributed by atoms with Crippen LogP contribution in [0.3, 0.4) is 0 Å². The fourth-order valence-corrected chi connectivity index (χ4v) is 2.82. The van der Waals surface area contributed by atoms with Gasteiger partial charge in [0.25, 0.3) is 0 Å². The van der Waals surface area contributed by atoms with Crippen LogP contribution in [0.5, 0.6) is 0 Å². The van der Waals surface area contributed by atoms with Gasteiger partial charge in [0.15, 0.2) is 0 Å². The average molecular weight is 354 g/mol. The number of carbonyl (C=O) groups excluding carboxylic acids is 2. The first kappa shape index (κ1) is 17.6. The molecule has 0 saturated carbocycles. The lowest BCUT2D eigenvalue weighted by atomic mass is 10.0. The Bertz CT molecular complexity index is 848. The second kappa shape index (κ2) is 7.79. The van der Waals surface area contributed by atoms with Crippen molar-refractivity contribution in [3.63, 3.8) is 0 Å². The van der Waals surface area contributed by atoms with Crippen LogP contribution in [-0.2, 0) is 23.8 Å². The normalized spacial score (nSPS) is 14.2. The van der Waals surface area contributed by atoms with Gasteiger partial charge in [0, 0.05) is 18.0 Å². The van der Waals surface area contributed by atoms with Gasteiger partial charge in [0.05, 0.1) is 32.1 Å². The molecular formula is C19H18N2O5. The summed E-state index contributed by atoms with van der Waals surface area (Å²) in [5.41, 5.74) is 2.73. The van der Waals surface area contributed by atoms with E-state index in [2.05, 4.69) is 4.98 Å². The zero-order chi connectivity index (χ0) is 18.5. The van der Waals surface area contributed by atoms with Gasteiger partial charge in [-0.3, -0.25) is 4.98 Å². The molecule has 2 heterocycles. The van der Waals surface area contributed by atoms with Gasteiger partial charge in [-0.1, -0.05) is 18.2 Å². The van der Waals surface area contributed by atoms with Crippen molar-refractivity contribution in [3.8, 4) is 11.1 Å². The van der Waals surface area contributed by atoms with E-state index in [-0.39, 0.29) is 24.6 Å². The second-order valence-electron chi connectivity index (χ2n) is 5.47. The van der Waals surface area contributed by atoms with Crippen molar-refractivity contribution in [1.29, 1.82) is 0 Å². The third-order valence-corrected chi connectivity index (χ3v) is 4.02. The third kappa shape index (κ3) is 3.29. The van der Waals surface area contributed by atoms with Gasteiger partial charge in [-0.2, -0.15) is 0 Å². The number of rotatable bonds is 4. The number of nitrogens with zero attached hydrogens (tertiary/aromatic N) is 2. The number of benzene rings is 1. The van der Waals surface area contributed by atoms with Crippen LogP contribution in [0, 0.1) is 0 Å². The average Bonchev–Trinajstić information content (AvgIpc) is 2.72. The Labute approximate surface area is 150 Å². The second-order valence-corrected chi connectivity index (χ2v) is 5.47. The van der Waals surface area contributed by atoms with Gasteiger partial charge in [0.1, 0.15) is 12.4 Å². The van der Waals surface area contributed by atoms with Crippen molar-refractivity contribution < 1.29 is 23.8 Å². The summed E-state index contributed by atoms with van der Waals surface area (Å²) < 4.78 is 15.2. The van der Waals surface area contributed by atoms with E-state index in [0.717, 1.165) is 11.1 Å². The molecule has 1 aliphatic heterocycles. The SMILES string of the molecule is COC(=O)C1=C(C(=O)OC)N(c2ccccc2-c2ccncc2)COC1. The molecule has 0 aliphatic carbocycles. The van der Waals surface area contributed by atoms with Crippen LogP contribution < -0.4 is 4.90 Å². The summed E-state index contributed by atoms with van der Waals surface area (Å²) in [6.07, 6.45) is 3.38. The first-order valence-electron chi connectivity index (χ1n) is 7.92. The van der Waals surface area contributed by atoms with Gasteiger partial charge < -0.3 is 19.1 Å². The van der Waals surface area contributed by atoms with Crippen molar-refractivity contribution >= 4 is 17.6 Å². The minimum Gasteiger partial charge on any atom is -0.466 e. The predicted octanol–water partition coefficient (Wildman–Crippen LogP) is 2.14. The molecule has 26 heavy (non-hydrogen) atoms. The van der Waals surface area contributed by atoms with Crippen molar-refractivity contribution in [3.05, 3.63) is 60.1 Å². The molecule has 0 fully saturated rings. The smallest absolute Gasteiger partial charge is 0.355 e. The maximum Gasteiger partial charge on any atom is 0.355 e. The largest absolute Gasteiger partial charge is 0.466 e. The molecule has 134 valence electrons. The zero-order valence-electron chi connectivity index (χ0n) is 14.5. The van der Waals surface area contributed by atoms with Crippen LogP contribution in [0.2, 0.25) is 0 Å². The highest BCUT2D eigenvalue weighted by atomic mass is 16.5. The fraction of sp³-hybridized carbons (Fsp3) is 0.211. The lowest BCUT2D eigenvalue weighted by Crippen LogP contribution is -2.39. The molecule has 1 aromatic carbocycles. The quantitative estimate of drug-likeness (QED) is 0.779. The predicted molar refractivity (Wildman–Crippen MR) is 94.0 cm³/mol. The van der Waals surface area contributed by atoms with Crippen molar-refractivity contribution in [2.75, 3.05) is 32.5 Å². The van der Waals surface area contributed by atoms with Gasteiger partial charge in [-0.05, 0) is 23.8 Å². The number of hydrogen-bond acceptors (Lipinski definition) is 7. The molecule has 2 aromatic rings. The molecule has 0 spiro atoms. The monoisotopic (exact) mass is 354 g/mol. The topological polar surface area (TPSA) is 78.0 Å². The molecule has 0 saturated heterocycles. The Morgan fingerprint density at radius 1 is 1.04 bits per heavy atom. The minimum absolute atomic E-state index is 0.0228. The summed E-state index contributed by atoms with van der Waals surface area (Å²) in [4.78, 5) is 30.2. The molecule has 7 nitrogen and oxygen atoms in total. The first-order valence-corrected chi connectivity index (χ1v) is 7.92. The van der Waals surface area contributed by atoms with Gasteiger partial charge in [0.2, 0.25) is 0 Å². The molecular weight excluding hydrogens is 336 g/mol. The highest BCUT2D eigenvalue weighted by molar-refractivity contribution is 6.04. The van der Waals surface area contributed by atoms with Crippen molar-refractivity contribution in [1.82, 2.24) is 4.98 Å². The maximum absolute atomic E-state index is 12.4. The Morgan fingerprint density at radius 3 is 2.42 bits per heavy atom. The minimum atomic E-state index is -0.628. The van der Waals surface area contributed by atoms with Crippen LogP contribution >= 0.6 is 0 Å². The number of esters is 2. The van der Waals surface area contributed by atoms with E-state index in [1.165, 1.54) is 14.2 Å². The fourth-order valence-electron chi connectivity index (χ4n) is 2.82. The number of ether oxygens (including phenoxy) is 3. The summed E-state index contributed by atoms with van der Waals surface area (Å²) in [6.45, 7) is 0.0814. The number of anilines is 1. The number of hydrogen-bond donors (Lipinski definition) is 0. The summed E-state index contributed by atoms with van der Waals surface area (Å²) in [6, 6.07) is 11.3. The number of methoxy groups -OCH3 is 2. The Morgan fingerprint density at radius 2 is 1.73 bits per heavy atom. The molecule has 0 unspecified atom stereocenters. The summed E-state index contributed by atoms with van der Waals surface area (Å²) >= 11 is 0. The van der Waals surface area contributed by atoms with Crippen LogP contribution in [-0.4, -0.2) is 44.5 Å². The lowest BCUT2D eigenvalue weighted by Gasteiger charge is -2.32. The molecule has 1 aromatic heterocycles. The summed E-state index contributed by atoms with van der Waals surface area (Å²) in [5, 5.41) is 0. The molecule has 7 heteroatoms. The Hall–Kier alpha value is -3.19. The lowest BCUT2D eigenvalue weighted by molar-refractivity contribution is -0.140. The summed E-state index contributed by atoms with van der Waals surface area (Å²) in [5.74, 6) is -1.25. The Kier molecular flexibility index (Phi) is 5.28. The van der Waals surface area contributed by atoms with E-state index in [1.807, 2.05) is 36.4 Å². The third-order valence-electron chi connectivity index (χ3n) is 4.02. The molecule has 0 radical (unpaired) electrons. The number of pyridine rings is 1. The van der Waals surface area contributed by atoms with Crippen LogP contribution in [0.15, 0.2) is 60.1 Å². The van der Waals surface area contributed by atoms with E-state index in [0.29, 0.717) is 5.69 Å². The van der Waals surface area contributed by atoms with Crippen molar-refractivity contribution in [2.45, 2.75) is 0 Å². The first-order chi connectivity index (χ1) is 12.7. The molecule has 3 rings (SSSR count). The highest BCUT2D eigenvalue weighted by Gasteiger charge is 2.33. The molecule has 0 amide bonds. The number of aromatic nitrogens is 1. The van der Waals surface area contributed by atoms with Gasteiger partial charge in [-0.25, -0.2) is 9.59 Å². The van der Waals surface area contributed by atoms with Crippen LogP contribution in [0.25, 0.3) is 11.1 Å². The van der Waals surface area contributed by atoms with E-state index in [4.69, 9.17) is 14.2 Å². The standard InChI is InChI=1S/C19H18N2O5/c1-24-18(22)15-11-26-12-21(17(15)19(23)25-2)16-6-4-3-5-14(16)13-7-9-20-10-8-13/h3-10H,11-12H2,1-2H3. The number of para-hydroxylation sites is 1. The van der Waals surface area contributed by atoms with E-state index < -0.39 is 11.9 Å². The van der Waals surface area contributed by atoms with Gasteiger partial charge in [-0.15, -0.1) is 0 Å². The van der Waals surface area contributed by atoms with Crippen LogP contribution in [0.1, 0.15) is 0 Å². The van der Waals surface area contributed by atoms with E-state index >= 15 is 0 Å². The Balaban J connectivity index is 2.16. The highest BCUT2D eigenvalue weighted by Crippen LogP contribution is 2.35. The van der Waals surface area contributed by atoms with Gasteiger partial charge >= 0.3 is 11.9 Å².